The summed E-state index contributed by atoms with van der Waals surface area (Å²) in [6.45, 7) is 6.50. The summed E-state index contributed by atoms with van der Waals surface area (Å²) >= 11 is 0. The molecule has 0 fully saturated rings. The predicted molar refractivity (Wildman–Crippen MR) is 60.3 cm³/mol. The Morgan fingerprint density at radius 1 is 1.44 bits per heavy atom. The first-order chi connectivity index (χ1) is 7.46. The average Bonchev–Trinajstić information content (AvgIpc) is 2.58. The Morgan fingerprint density at radius 2 is 2.19 bits per heavy atom. The number of esters is 1. The molecule has 0 radical (unpaired) electrons. The molecule has 4 nitrogen and oxygen atoms in total. The number of aromatic nitrogens is 2. The van der Waals surface area contributed by atoms with Crippen molar-refractivity contribution in [3.63, 3.8) is 0 Å². The fraction of sp³-hybridized carbons (Fsp3) is 0.667. The van der Waals surface area contributed by atoms with Gasteiger partial charge in [-0.3, -0.25) is 4.68 Å². The van der Waals surface area contributed by atoms with E-state index in [9.17, 15) is 4.79 Å². The molecule has 1 aromatic rings. The number of nitrogens with zero attached hydrogens (tertiary/aromatic N) is 2. The number of hydrogen-bond donors (Lipinski definition) is 0. The summed E-state index contributed by atoms with van der Waals surface area (Å²) in [5.74, 6) is -0.325. The van der Waals surface area contributed by atoms with E-state index in [-0.39, 0.29) is 5.97 Å². The number of carbonyl (C=O) groups is 1. The van der Waals surface area contributed by atoms with Crippen molar-refractivity contribution in [2.45, 2.75) is 52.2 Å². The van der Waals surface area contributed by atoms with Gasteiger partial charge < -0.3 is 4.74 Å². The van der Waals surface area contributed by atoms with Gasteiger partial charge in [-0.25, -0.2) is 4.79 Å². The maximum atomic E-state index is 11.8. The normalized spacial score (nSPS) is 15.7. The van der Waals surface area contributed by atoms with Crippen molar-refractivity contribution in [2.75, 3.05) is 0 Å². The van der Waals surface area contributed by atoms with Gasteiger partial charge in [-0.1, -0.05) is 0 Å². The van der Waals surface area contributed by atoms with Crippen LogP contribution >= 0.6 is 0 Å². The van der Waals surface area contributed by atoms with E-state index in [1.54, 1.807) is 0 Å². The van der Waals surface area contributed by atoms with Gasteiger partial charge in [0.15, 0.2) is 5.69 Å². The molecule has 1 aliphatic heterocycles. The molecule has 1 aliphatic rings. The average molecular weight is 222 g/mol. The molecule has 0 bridgehead atoms. The summed E-state index contributed by atoms with van der Waals surface area (Å²) in [6, 6.07) is 1.85. The van der Waals surface area contributed by atoms with Crippen molar-refractivity contribution in [3.8, 4) is 0 Å². The van der Waals surface area contributed by atoms with Crippen molar-refractivity contribution in [1.82, 2.24) is 9.78 Å². The molecule has 4 heteroatoms. The van der Waals surface area contributed by atoms with Gasteiger partial charge >= 0.3 is 5.97 Å². The predicted octanol–water partition coefficient (Wildman–Crippen LogP) is 2.17. The number of hydrogen-bond acceptors (Lipinski definition) is 3. The quantitative estimate of drug-likeness (QED) is 0.684. The minimum absolute atomic E-state index is 0.325. The molecule has 0 aliphatic carbocycles. The molecule has 0 atom stereocenters. The Morgan fingerprint density at radius 3 is 2.81 bits per heavy atom. The monoisotopic (exact) mass is 222 g/mol. The molecular formula is C12H18N2O2. The number of fused-ring (bicyclic) bond motifs is 1. The number of ether oxygens (including phenoxy) is 1. The van der Waals surface area contributed by atoms with Crippen LogP contribution in [0, 0.1) is 0 Å². The Bertz CT molecular complexity index is 378. The molecule has 0 aromatic carbocycles. The van der Waals surface area contributed by atoms with E-state index in [1.165, 1.54) is 6.42 Å². The number of rotatable bonds is 1. The van der Waals surface area contributed by atoms with E-state index < -0.39 is 5.60 Å². The first kappa shape index (κ1) is 11.2. The standard InChI is InChI=1S/C12H18N2O2/c1-12(2,3)16-11(15)10-8-9-6-4-5-7-14(9)13-10/h8H,4-7H2,1-3H3. The summed E-state index contributed by atoms with van der Waals surface area (Å²) in [5.41, 5.74) is 1.13. The molecule has 16 heavy (non-hydrogen) atoms. The summed E-state index contributed by atoms with van der Waals surface area (Å²) in [5, 5.41) is 4.28. The fourth-order valence-corrected chi connectivity index (χ4v) is 1.85. The second-order valence-corrected chi connectivity index (χ2v) is 5.20. The highest BCUT2D eigenvalue weighted by molar-refractivity contribution is 5.87. The Kier molecular flexibility index (Phi) is 2.74. The van der Waals surface area contributed by atoms with Gasteiger partial charge in [-0.2, -0.15) is 5.10 Å². The molecule has 2 heterocycles. The summed E-state index contributed by atoms with van der Waals surface area (Å²) < 4.78 is 7.21. The molecule has 0 saturated carbocycles. The van der Waals surface area contributed by atoms with Crippen molar-refractivity contribution in [3.05, 3.63) is 17.5 Å². The molecule has 0 spiro atoms. The lowest BCUT2D eigenvalue weighted by Crippen LogP contribution is -2.24. The zero-order chi connectivity index (χ0) is 11.8. The van der Waals surface area contributed by atoms with Crippen molar-refractivity contribution in [2.24, 2.45) is 0 Å². The molecule has 0 N–H and O–H groups in total. The van der Waals surface area contributed by atoms with Crippen molar-refractivity contribution in [1.29, 1.82) is 0 Å². The van der Waals surface area contributed by atoms with Gasteiger partial charge in [-0.15, -0.1) is 0 Å². The third kappa shape index (κ3) is 2.43. The van der Waals surface area contributed by atoms with Crippen molar-refractivity contribution < 1.29 is 9.53 Å². The van der Waals surface area contributed by atoms with E-state index in [0.29, 0.717) is 5.69 Å². The van der Waals surface area contributed by atoms with Crippen LogP contribution in [0.3, 0.4) is 0 Å². The van der Waals surface area contributed by atoms with Gasteiger partial charge in [0, 0.05) is 12.2 Å². The van der Waals surface area contributed by atoms with Crippen LogP contribution in [0.2, 0.25) is 0 Å². The first-order valence-electron chi connectivity index (χ1n) is 5.76. The molecule has 88 valence electrons. The highest BCUT2D eigenvalue weighted by Crippen LogP contribution is 2.17. The molecule has 1 aromatic heterocycles. The summed E-state index contributed by atoms with van der Waals surface area (Å²) in [6.07, 6.45) is 3.33. The number of carbonyl (C=O) groups excluding carboxylic acids is 1. The third-order valence-corrected chi connectivity index (χ3v) is 2.52. The van der Waals surface area contributed by atoms with Gasteiger partial charge in [0.2, 0.25) is 0 Å². The fourth-order valence-electron chi connectivity index (χ4n) is 1.85. The highest BCUT2D eigenvalue weighted by Gasteiger charge is 2.22. The van der Waals surface area contributed by atoms with E-state index in [2.05, 4.69) is 5.10 Å². The minimum Gasteiger partial charge on any atom is -0.455 e. The zero-order valence-corrected chi connectivity index (χ0v) is 10.1. The van der Waals surface area contributed by atoms with E-state index in [0.717, 1.165) is 25.1 Å². The maximum absolute atomic E-state index is 11.8. The summed E-state index contributed by atoms with van der Waals surface area (Å²) in [4.78, 5) is 11.8. The van der Waals surface area contributed by atoms with Crippen LogP contribution in [0.5, 0.6) is 0 Å². The van der Waals surface area contributed by atoms with Crippen LogP contribution in [0.4, 0.5) is 0 Å². The molecule has 0 unspecified atom stereocenters. The lowest BCUT2D eigenvalue weighted by atomic mass is 10.1. The van der Waals surface area contributed by atoms with Crippen LogP contribution in [-0.2, 0) is 17.7 Å². The van der Waals surface area contributed by atoms with E-state index in [1.807, 2.05) is 31.5 Å². The second-order valence-electron chi connectivity index (χ2n) is 5.20. The molecule has 0 amide bonds. The Labute approximate surface area is 95.6 Å². The SMILES string of the molecule is CC(C)(C)OC(=O)c1cc2n(n1)CCCC2. The van der Waals surface area contributed by atoms with E-state index in [4.69, 9.17) is 4.74 Å². The third-order valence-electron chi connectivity index (χ3n) is 2.52. The lowest BCUT2D eigenvalue weighted by Gasteiger charge is -2.18. The smallest absolute Gasteiger partial charge is 0.359 e. The largest absolute Gasteiger partial charge is 0.455 e. The Hall–Kier alpha value is -1.32. The van der Waals surface area contributed by atoms with Gasteiger partial charge in [0.05, 0.1) is 0 Å². The van der Waals surface area contributed by atoms with Gasteiger partial charge in [0.25, 0.3) is 0 Å². The number of aryl methyl sites for hydroxylation is 2. The van der Waals surface area contributed by atoms with Crippen LogP contribution in [-0.4, -0.2) is 21.4 Å². The van der Waals surface area contributed by atoms with Crippen LogP contribution in [0.25, 0.3) is 0 Å². The van der Waals surface area contributed by atoms with Crippen molar-refractivity contribution >= 4 is 5.97 Å². The van der Waals surface area contributed by atoms with Crippen LogP contribution < -0.4 is 0 Å². The van der Waals surface area contributed by atoms with Crippen LogP contribution in [0.1, 0.15) is 49.8 Å². The second kappa shape index (κ2) is 3.92. The Balaban J connectivity index is 2.15. The highest BCUT2D eigenvalue weighted by atomic mass is 16.6. The molecule has 0 saturated heterocycles. The molecule has 2 rings (SSSR count). The van der Waals surface area contributed by atoms with Gasteiger partial charge in [-0.05, 0) is 46.1 Å². The topological polar surface area (TPSA) is 44.1 Å². The lowest BCUT2D eigenvalue weighted by molar-refractivity contribution is 0.00619. The van der Waals surface area contributed by atoms with Gasteiger partial charge in [0.1, 0.15) is 5.60 Å². The zero-order valence-electron chi connectivity index (χ0n) is 10.1. The van der Waals surface area contributed by atoms with E-state index >= 15 is 0 Å². The first-order valence-corrected chi connectivity index (χ1v) is 5.76. The van der Waals surface area contributed by atoms with Crippen LogP contribution in [0.15, 0.2) is 6.07 Å². The summed E-state index contributed by atoms with van der Waals surface area (Å²) in [7, 11) is 0. The maximum Gasteiger partial charge on any atom is 0.359 e. The minimum atomic E-state index is -0.457. The molecular weight excluding hydrogens is 204 g/mol.